The van der Waals surface area contributed by atoms with Crippen LogP contribution in [0.2, 0.25) is 0 Å². The van der Waals surface area contributed by atoms with E-state index in [2.05, 4.69) is 13.8 Å². The third-order valence-corrected chi connectivity index (χ3v) is 0.909. The molecule has 0 atom stereocenters. The van der Waals surface area contributed by atoms with E-state index in [1.54, 1.807) is 0 Å². The predicted octanol–water partition coefficient (Wildman–Crippen LogP) is 1.41. The molecule has 13 heavy (non-hydrogen) atoms. The van der Waals surface area contributed by atoms with E-state index < -0.39 is 20.8 Å². The van der Waals surface area contributed by atoms with Gasteiger partial charge in [-0.1, -0.05) is 13.3 Å². The summed E-state index contributed by atoms with van der Waals surface area (Å²) in [6, 6.07) is 10.0. The van der Waals surface area contributed by atoms with Crippen molar-refractivity contribution >= 4 is 17.0 Å². The molecular formula is C9H14Cl3Zr-3. The van der Waals surface area contributed by atoms with Crippen molar-refractivity contribution in [3.63, 3.8) is 0 Å². The summed E-state index contributed by atoms with van der Waals surface area (Å²) in [5.74, 6) is 0. The maximum absolute atomic E-state index is 4.93. The molecule has 0 unspecified atom stereocenters. The topological polar surface area (TPSA) is 0 Å². The molecule has 0 aromatic heterocycles. The van der Waals surface area contributed by atoms with E-state index in [0.29, 0.717) is 0 Å². The Labute approximate surface area is 106 Å². The summed E-state index contributed by atoms with van der Waals surface area (Å²) in [6.45, 7) is 5.72. The fourth-order valence-electron chi connectivity index (χ4n) is 0.321. The van der Waals surface area contributed by atoms with E-state index in [1.807, 2.05) is 30.3 Å². The predicted molar refractivity (Wildman–Crippen MR) is 54.0 cm³/mol. The molecule has 1 aromatic carbocycles. The number of unbranched alkanes of at least 4 members (excludes halogenated alkanes) is 1. The molecule has 78 valence electrons. The van der Waals surface area contributed by atoms with E-state index in [4.69, 9.17) is 17.0 Å². The molecule has 0 saturated heterocycles. The molecule has 0 spiro atoms. The van der Waals surface area contributed by atoms with Gasteiger partial charge in [0.2, 0.25) is 0 Å². The Morgan fingerprint density at radius 3 is 1.69 bits per heavy atom. The first-order valence-corrected chi connectivity index (χ1v) is 10.1. The summed E-state index contributed by atoms with van der Waals surface area (Å²) < 4.78 is 0. The van der Waals surface area contributed by atoms with E-state index in [1.165, 1.54) is 6.42 Å². The Bertz CT molecular complexity index is 101. The normalized spacial score (nSPS) is 6.46. The minimum atomic E-state index is -0.826. The number of halogens is 3. The van der Waals surface area contributed by atoms with E-state index >= 15 is 0 Å². The second kappa shape index (κ2) is 23.2. The van der Waals surface area contributed by atoms with Gasteiger partial charge in [0.1, 0.15) is 0 Å². The molecule has 0 N–H and O–H groups in total. The Morgan fingerprint density at radius 1 is 1.31 bits per heavy atom. The molecular weight excluding hydrogens is 306 g/mol. The Balaban J connectivity index is -0.000000116. The summed E-state index contributed by atoms with van der Waals surface area (Å²) in [4.78, 5) is 0. The molecule has 0 aliphatic heterocycles. The van der Waals surface area contributed by atoms with Crippen molar-refractivity contribution in [3.8, 4) is 0 Å². The minimum absolute atomic E-state index is 0. The van der Waals surface area contributed by atoms with Gasteiger partial charge in [0, 0.05) is 0 Å². The van der Waals surface area contributed by atoms with Crippen LogP contribution in [0.3, 0.4) is 0 Å². The third-order valence-electron chi connectivity index (χ3n) is 0.909. The van der Waals surface area contributed by atoms with Crippen molar-refractivity contribution in [2.75, 3.05) is 0 Å². The largest absolute Gasteiger partial charge is 0.214 e. The number of rotatable bonds is 1. The van der Waals surface area contributed by atoms with Crippen molar-refractivity contribution < 1.29 is 33.3 Å². The van der Waals surface area contributed by atoms with Crippen LogP contribution in [0, 0.1) is 6.92 Å². The van der Waals surface area contributed by atoms with Crippen molar-refractivity contribution in [3.05, 3.63) is 37.3 Å². The van der Waals surface area contributed by atoms with E-state index in [0.717, 1.165) is 6.42 Å². The van der Waals surface area contributed by atoms with Crippen LogP contribution in [0.5, 0.6) is 0 Å². The van der Waals surface area contributed by atoms with Crippen LogP contribution in [0.15, 0.2) is 30.3 Å². The van der Waals surface area contributed by atoms with Gasteiger partial charge in [0.25, 0.3) is 0 Å². The quantitative estimate of drug-likeness (QED) is 0.687. The fraction of sp³-hybridized carbons (Fsp3) is 0.333. The van der Waals surface area contributed by atoms with Gasteiger partial charge in [-0.05, 0) is 0 Å². The Hall–Kier alpha value is 1.10. The molecule has 0 radical (unpaired) electrons. The standard InChI is InChI=1S/C5H5.C4H9.3ClH.Zr/c1-2-4-5-3-1;1-3-4-2;;;;/h1-5H;1,3-4H2,2H3;3*1H;/q2*-1;;;;+2/p-3. The zero-order valence-corrected chi connectivity index (χ0v) is 12.4. The smallest absolute Gasteiger partial charge is 0.172 e. The van der Waals surface area contributed by atoms with Gasteiger partial charge >= 0.3 is 37.9 Å². The van der Waals surface area contributed by atoms with Crippen LogP contribution in [-0.2, 0) is 20.8 Å². The van der Waals surface area contributed by atoms with Gasteiger partial charge < -0.3 is 19.3 Å². The fourth-order valence-corrected chi connectivity index (χ4v) is 0.321. The van der Waals surface area contributed by atoms with Crippen LogP contribution >= 0.6 is 17.0 Å². The number of hydrogen-bond donors (Lipinski definition) is 0. The maximum atomic E-state index is 4.93. The van der Waals surface area contributed by atoms with Gasteiger partial charge in [-0.3, -0.25) is 0 Å². The monoisotopic (exact) mass is 317 g/mol. The summed E-state index contributed by atoms with van der Waals surface area (Å²) in [5, 5.41) is 0. The average Bonchev–Trinajstić information content (AvgIpc) is 2.62. The Morgan fingerprint density at radius 2 is 1.62 bits per heavy atom. The molecule has 0 nitrogen and oxygen atoms in total. The molecule has 0 saturated carbocycles. The van der Waals surface area contributed by atoms with Crippen molar-refractivity contribution in [1.82, 2.24) is 0 Å². The zero-order chi connectivity index (χ0) is 9.66. The molecule has 0 heterocycles. The van der Waals surface area contributed by atoms with Gasteiger partial charge in [0.05, 0.1) is 0 Å². The van der Waals surface area contributed by atoms with E-state index in [9.17, 15) is 0 Å². The van der Waals surface area contributed by atoms with E-state index in [-0.39, 0.29) is 12.4 Å². The summed E-state index contributed by atoms with van der Waals surface area (Å²) in [7, 11) is 9.87. The van der Waals surface area contributed by atoms with Crippen molar-refractivity contribution in [1.29, 1.82) is 0 Å². The minimum Gasteiger partial charge on any atom is -0.214 e. The average molecular weight is 320 g/mol. The van der Waals surface area contributed by atoms with Crippen molar-refractivity contribution in [2.24, 2.45) is 0 Å². The van der Waals surface area contributed by atoms with Crippen LogP contribution in [-0.4, -0.2) is 0 Å². The summed E-state index contributed by atoms with van der Waals surface area (Å²) in [5.41, 5.74) is 0. The summed E-state index contributed by atoms with van der Waals surface area (Å²) >= 11 is -0.826. The molecule has 4 heteroatoms. The van der Waals surface area contributed by atoms with Gasteiger partial charge in [-0.25, -0.2) is 12.1 Å². The molecule has 1 aromatic rings. The Kier molecular flexibility index (Phi) is 35.0. The number of hydrogen-bond acceptors (Lipinski definition) is 0. The van der Waals surface area contributed by atoms with Crippen molar-refractivity contribution in [2.45, 2.75) is 19.8 Å². The zero-order valence-electron chi connectivity index (χ0n) is 7.64. The maximum Gasteiger partial charge on any atom is -0.172 e. The van der Waals surface area contributed by atoms with Gasteiger partial charge in [-0.2, -0.15) is 24.6 Å². The van der Waals surface area contributed by atoms with Crippen LogP contribution < -0.4 is 12.4 Å². The first-order valence-electron chi connectivity index (χ1n) is 3.75. The van der Waals surface area contributed by atoms with Crippen LogP contribution in [0.1, 0.15) is 19.8 Å². The SMILES string of the molecule is [CH2-]CCC.[Cl-].[Cl][Zr][Cl].c1cc[cH-]c1. The second-order valence-corrected chi connectivity index (χ2v) is 5.62. The van der Waals surface area contributed by atoms with Crippen LogP contribution in [0.25, 0.3) is 0 Å². The first-order chi connectivity index (χ1) is 5.83. The molecule has 0 bridgehead atoms. The van der Waals surface area contributed by atoms with Gasteiger partial charge in [0.15, 0.2) is 0 Å². The molecule has 0 fully saturated rings. The van der Waals surface area contributed by atoms with Crippen LogP contribution in [0.4, 0.5) is 0 Å². The molecule has 1 rings (SSSR count). The molecule has 0 amide bonds. The molecule has 0 aliphatic rings. The third kappa shape index (κ3) is 32.0. The van der Waals surface area contributed by atoms with Gasteiger partial charge in [-0.15, -0.1) is 0 Å². The first kappa shape index (κ1) is 19.6. The summed E-state index contributed by atoms with van der Waals surface area (Å²) in [6.07, 6.45) is 2.28. The molecule has 0 aliphatic carbocycles. The second-order valence-electron chi connectivity index (χ2n) is 1.89.